The number of piperazine rings is 1. The van der Waals surface area contributed by atoms with Gasteiger partial charge in [-0.2, -0.15) is 0 Å². The third kappa shape index (κ3) is 3.95. The van der Waals surface area contributed by atoms with E-state index in [1.165, 1.54) is 5.39 Å². The smallest absolute Gasteiger partial charge is 0.240 e. The van der Waals surface area contributed by atoms with Gasteiger partial charge in [0.25, 0.3) is 0 Å². The third-order valence-corrected chi connectivity index (χ3v) is 7.99. The van der Waals surface area contributed by atoms with E-state index in [-0.39, 0.29) is 10.9 Å². The summed E-state index contributed by atoms with van der Waals surface area (Å²) < 4.78 is 31.4. The van der Waals surface area contributed by atoms with Gasteiger partial charge in [0.05, 0.1) is 10.9 Å². The first-order valence-corrected chi connectivity index (χ1v) is 12.4. The number of aromatic nitrogens is 2. The van der Waals surface area contributed by atoms with Crippen LogP contribution in [0.4, 0.5) is 0 Å². The van der Waals surface area contributed by atoms with E-state index in [0.29, 0.717) is 6.54 Å². The number of hydrogen-bond acceptors (Lipinski definition) is 4. The molecule has 0 bridgehead atoms. The lowest BCUT2D eigenvalue weighted by atomic mass is 10.0. The summed E-state index contributed by atoms with van der Waals surface area (Å²) >= 11 is 0. The van der Waals surface area contributed by atoms with Gasteiger partial charge in [-0.25, -0.2) is 13.1 Å². The number of fused-ring (bicyclic) bond motifs is 2. The molecule has 1 aliphatic rings. The van der Waals surface area contributed by atoms with E-state index in [1.807, 2.05) is 37.5 Å². The average Bonchev–Trinajstić information content (AvgIpc) is 3.39. The van der Waals surface area contributed by atoms with Crippen molar-refractivity contribution in [3.8, 4) is 0 Å². The van der Waals surface area contributed by atoms with Crippen molar-refractivity contribution in [2.45, 2.75) is 10.9 Å². The fraction of sp³-hybridized carbons (Fsp3) is 0.333. The summed E-state index contributed by atoms with van der Waals surface area (Å²) in [5.74, 6) is 0. The monoisotopic (exact) mass is 451 g/mol. The van der Waals surface area contributed by atoms with Gasteiger partial charge in [0.2, 0.25) is 10.0 Å². The number of aromatic amines is 1. The van der Waals surface area contributed by atoms with Crippen LogP contribution in [0.25, 0.3) is 21.8 Å². The van der Waals surface area contributed by atoms with E-state index in [2.05, 4.69) is 49.5 Å². The van der Waals surface area contributed by atoms with Crippen molar-refractivity contribution in [3.05, 3.63) is 66.5 Å². The van der Waals surface area contributed by atoms with Crippen LogP contribution in [0, 0.1) is 0 Å². The molecular weight excluding hydrogens is 422 g/mol. The summed E-state index contributed by atoms with van der Waals surface area (Å²) in [6.45, 7) is 4.07. The molecule has 1 unspecified atom stereocenters. The molecule has 1 aliphatic heterocycles. The van der Waals surface area contributed by atoms with Crippen LogP contribution in [0.1, 0.15) is 11.6 Å². The van der Waals surface area contributed by atoms with E-state index >= 15 is 0 Å². The van der Waals surface area contributed by atoms with Gasteiger partial charge in [-0.15, -0.1) is 0 Å². The molecule has 32 heavy (non-hydrogen) atoms. The number of likely N-dealkylation sites (N-methyl/N-ethyl adjacent to an activating group) is 1. The number of benzene rings is 2. The molecule has 1 fully saturated rings. The molecular formula is C24H29N5O2S. The summed E-state index contributed by atoms with van der Waals surface area (Å²) in [5, 5.41) is 2.17. The topological polar surface area (TPSA) is 73.4 Å². The lowest BCUT2D eigenvalue weighted by Gasteiger charge is -2.38. The zero-order valence-corrected chi connectivity index (χ0v) is 19.3. The first-order valence-electron chi connectivity index (χ1n) is 11.0. The van der Waals surface area contributed by atoms with Crippen molar-refractivity contribution < 1.29 is 8.42 Å². The first kappa shape index (κ1) is 21.2. The normalized spacial score (nSPS) is 17.3. The van der Waals surface area contributed by atoms with Gasteiger partial charge in [0.1, 0.15) is 0 Å². The summed E-state index contributed by atoms with van der Waals surface area (Å²) in [6.07, 6.45) is 3.96. The van der Waals surface area contributed by atoms with Crippen molar-refractivity contribution in [2.24, 2.45) is 7.05 Å². The largest absolute Gasteiger partial charge is 0.361 e. The number of H-pyrrole nitrogens is 1. The second-order valence-corrected chi connectivity index (χ2v) is 10.4. The summed E-state index contributed by atoms with van der Waals surface area (Å²) in [7, 11) is 0.530. The average molecular weight is 452 g/mol. The fourth-order valence-corrected chi connectivity index (χ4v) is 5.74. The van der Waals surface area contributed by atoms with Crippen LogP contribution < -0.4 is 4.72 Å². The van der Waals surface area contributed by atoms with Gasteiger partial charge < -0.3 is 14.5 Å². The van der Waals surface area contributed by atoms with Crippen molar-refractivity contribution in [1.82, 2.24) is 24.1 Å². The molecule has 4 aromatic rings. The van der Waals surface area contributed by atoms with Gasteiger partial charge in [-0.05, 0) is 42.3 Å². The maximum atomic E-state index is 13.2. The Morgan fingerprint density at radius 2 is 1.81 bits per heavy atom. The Labute approximate surface area is 188 Å². The minimum atomic E-state index is -3.64. The number of nitrogens with zero attached hydrogens (tertiary/aromatic N) is 3. The molecule has 2 aromatic carbocycles. The molecule has 2 aromatic heterocycles. The molecule has 5 rings (SSSR count). The maximum Gasteiger partial charge on any atom is 0.240 e. The van der Waals surface area contributed by atoms with Crippen LogP contribution in [0.5, 0.6) is 0 Å². The highest BCUT2D eigenvalue weighted by molar-refractivity contribution is 7.89. The molecule has 1 saturated heterocycles. The van der Waals surface area contributed by atoms with Gasteiger partial charge in [0, 0.05) is 68.6 Å². The van der Waals surface area contributed by atoms with Crippen LogP contribution in [-0.4, -0.2) is 67.5 Å². The second-order valence-electron chi connectivity index (χ2n) is 8.65. The van der Waals surface area contributed by atoms with Crippen LogP contribution in [0.3, 0.4) is 0 Å². The predicted molar refractivity (Wildman–Crippen MR) is 128 cm³/mol. The summed E-state index contributed by atoms with van der Waals surface area (Å²) in [6, 6.07) is 15.4. The highest BCUT2D eigenvalue weighted by Crippen LogP contribution is 2.30. The Balaban J connectivity index is 1.46. The van der Waals surface area contributed by atoms with E-state index in [0.717, 1.165) is 48.2 Å². The van der Waals surface area contributed by atoms with Gasteiger partial charge in [-0.1, -0.05) is 24.3 Å². The van der Waals surface area contributed by atoms with Gasteiger partial charge in [-0.3, -0.25) is 4.90 Å². The molecule has 0 amide bonds. The minimum Gasteiger partial charge on any atom is -0.361 e. The Bertz CT molecular complexity index is 1350. The van der Waals surface area contributed by atoms with Crippen molar-refractivity contribution in [1.29, 1.82) is 0 Å². The Morgan fingerprint density at radius 1 is 1.03 bits per heavy atom. The molecule has 8 heteroatoms. The minimum absolute atomic E-state index is 0.0428. The fourth-order valence-electron chi connectivity index (χ4n) is 4.67. The van der Waals surface area contributed by atoms with Crippen molar-refractivity contribution >= 4 is 31.8 Å². The van der Waals surface area contributed by atoms with E-state index in [4.69, 9.17) is 0 Å². The molecule has 168 valence electrons. The standard InChI is InChI=1S/C24H29N5O2S/c1-27-11-13-29(14-12-27)24(21-17-28(2)23-6-4-3-5-20(21)23)16-26-32(30,31)19-8-7-18-9-10-25-22(18)15-19/h3-10,15,17,24-26H,11-14,16H2,1-2H3. The zero-order chi connectivity index (χ0) is 22.3. The summed E-state index contributed by atoms with van der Waals surface area (Å²) in [4.78, 5) is 8.09. The second kappa shape index (κ2) is 8.37. The molecule has 1 atom stereocenters. The SMILES string of the molecule is CN1CCN(C(CNS(=O)(=O)c2ccc3cc[nH]c3c2)c2cn(C)c3ccccc23)CC1. The number of aryl methyl sites for hydroxylation is 1. The first-order chi connectivity index (χ1) is 15.4. The van der Waals surface area contributed by atoms with Crippen molar-refractivity contribution in [2.75, 3.05) is 39.8 Å². The molecule has 0 aliphatic carbocycles. The van der Waals surface area contributed by atoms with E-state index in [1.54, 1.807) is 12.1 Å². The number of para-hydroxylation sites is 1. The molecule has 0 radical (unpaired) electrons. The number of rotatable bonds is 6. The Hall–Kier alpha value is -2.65. The van der Waals surface area contributed by atoms with E-state index < -0.39 is 10.0 Å². The molecule has 7 nitrogen and oxygen atoms in total. The number of nitrogens with one attached hydrogen (secondary N) is 2. The van der Waals surface area contributed by atoms with E-state index in [9.17, 15) is 8.42 Å². The van der Waals surface area contributed by atoms with Crippen molar-refractivity contribution in [3.63, 3.8) is 0 Å². The lowest BCUT2D eigenvalue weighted by molar-refractivity contribution is 0.113. The zero-order valence-electron chi connectivity index (χ0n) is 18.5. The van der Waals surface area contributed by atoms with Crippen LogP contribution in [0.2, 0.25) is 0 Å². The highest BCUT2D eigenvalue weighted by atomic mass is 32.2. The third-order valence-electron chi connectivity index (χ3n) is 6.57. The Morgan fingerprint density at radius 3 is 2.62 bits per heavy atom. The molecule has 3 heterocycles. The molecule has 0 saturated carbocycles. The maximum absolute atomic E-state index is 13.2. The Kier molecular flexibility index (Phi) is 5.54. The number of hydrogen-bond donors (Lipinski definition) is 2. The lowest BCUT2D eigenvalue weighted by Crippen LogP contribution is -2.48. The van der Waals surface area contributed by atoms with Crippen LogP contribution in [0.15, 0.2) is 65.8 Å². The predicted octanol–water partition coefficient (Wildman–Crippen LogP) is 2.93. The molecule has 2 N–H and O–H groups in total. The molecule has 0 spiro atoms. The quantitative estimate of drug-likeness (QED) is 0.473. The van der Waals surface area contributed by atoms with Gasteiger partial charge >= 0.3 is 0 Å². The highest BCUT2D eigenvalue weighted by Gasteiger charge is 2.28. The van der Waals surface area contributed by atoms with Crippen LogP contribution in [-0.2, 0) is 17.1 Å². The van der Waals surface area contributed by atoms with Gasteiger partial charge in [0.15, 0.2) is 0 Å². The summed E-state index contributed by atoms with van der Waals surface area (Å²) in [5.41, 5.74) is 3.13. The number of sulfonamides is 1. The van der Waals surface area contributed by atoms with Crippen LogP contribution >= 0.6 is 0 Å².